The van der Waals surface area contributed by atoms with E-state index in [0.29, 0.717) is 12.8 Å². The largest absolute Gasteiger partial charge is 0.463 e. The number of allylic oxidation sites excluding steroid dienone is 1. The summed E-state index contributed by atoms with van der Waals surface area (Å²) >= 11 is 0. The minimum atomic E-state index is -3.99. The molecule has 1 aromatic carbocycles. The van der Waals surface area contributed by atoms with Crippen molar-refractivity contribution < 1.29 is 26.7 Å². The van der Waals surface area contributed by atoms with Crippen LogP contribution in [0.15, 0.2) is 29.8 Å². The summed E-state index contributed by atoms with van der Waals surface area (Å²) in [7, 11) is -3.99. The SMILES string of the molecule is CCOC(=O)C1=CCCCC1S(=O)(=O)Nc1ccc(F)c(F)c1. The molecule has 1 atom stereocenters. The van der Waals surface area contributed by atoms with Crippen molar-refractivity contribution in [1.82, 2.24) is 0 Å². The van der Waals surface area contributed by atoms with Gasteiger partial charge in [-0.1, -0.05) is 6.08 Å². The molecule has 1 unspecified atom stereocenters. The van der Waals surface area contributed by atoms with Crippen LogP contribution in [0.3, 0.4) is 0 Å². The van der Waals surface area contributed by atoms with Crippen LogP contribution >= 0.6 is 0 Å². The molecule has 1 aliphatic carbocycles. The van der Waals surface area contributed by atoms with Gasteiger partial charge in [-0.3, -0.25) is 4.72 Å². The van der Waals surface area contributed by atoms with Crippen LogP contribution in [0.1, 0.15) is 26.2 Å². The Morgan fingerprint density at radius 1 is 1.35 bits per heavy atom. The van der Waals surface area contributed by atoms with E-state index < -0.39 is 32.9 Å². The van der Waals surface area contributed by atoms with Crippen LogP contribution in [-0.4, -0.2) is 26.2 Å². The second-order valence-corrected chi connectivity index (χ2v) is 6.94. The van der Waals surface area contributed by atoms with Gasteiger partial charge >= 0.3 is 5.97 Å². The molecule has 1 N–H and O–H groups in total. The van der Waals surface area contributed by atoms with Crippen molar-refractivity contribution in [2.75, 3.05) is 11.3 Å². The monoisotopic (exact) mass is 345 g/mol. The van der Waals surface area contributed by atoms with Gasteiger partial charge in [0.15, 0.2) is 11.6 Å². The van der Waals surface area contributed by atoms with Gasteiger partial charge < -0.3 is 4.74 Å². The maximum Gasteiger partial charge on any atom is 0.335 e. The van der Waals surface area contributed by atoms with Crippen LogP contribution in [0, 0.1) is 11.6 Å². The predicted octanol–water partition coefficient (Wildman–Crippen LogP) is 2.75. The van der Waals surface area contributed by atoms with E-state index in [9.17, 15) is 22.0 Å². The molecule has 0 aliphatic heterocycles. The van der Waals surface area contributed by atoms with Gasteiger partial charge in [-0.05, 0) is 38.3 Å². The average Bonchev–Trinajstić information content (AvgIpc) is 2.51. The Balaban J connectivity index is 2.26. The topological polar surface area (TPSA) is 72.5 Å². The Hall–Kier alpha value is -1.96. The molecule has 1 aliphatic rings. The van der Waals surface area contributed by atoms with Gasteiger partial charge in [0.05, 0.1) is 17.9 Å². The molecule has 0 amide bonds. The maximum absolute atomic E-state index is 13.2. The second kappa shape index (κ2) is 7.08. The maximum atomic E-state index is 13.2. The summed E-state index contributed by atoms with van der Waals surface area (Å²) in [5.74, 6) is -2.90. The van der Waals surface area contributed by atoms with E-state index in [4.69, 9.17) is 4.74 Å². The molecule has 0 bridgehead atoms. The number of ether oxygens (including phenoxy) is 1. The zero-order valence-corrected chi connectivity index (χ0v) is 13.3. The first-order valence-corrected chi connectivity index (χ1v) is 8.73. The zero-order valence-electron chi connectivity index (χ0n) is 12.5. The van der Waals surface area contributed by atoms with Gasteiger partial charge in [-0.25, -0.2) is 22.0 Å². The Morgan fingerprint density at radius 2 is 2.09 bits per heavy atom. The fourth-order valence-corrected chi connectivity index (χ4v) is 4.00. The Kier molecular flexibility index (Phi) is 5.35. The highest BCUT2D eigenvalue weighted by Gasteiger charge is 2.35. The number of anilines is 1. The summed E-state index contributed by atoms with van der Waals surface area (Å²) < 4.78 is 58.2. The molecule has 0 radical (unpaired) electrons. The normalized spacial score (nSPS) is 18.2. The molecule has 0 spiro atoms. The van der Waals surface area contributed by atoms with Gasteiger partial charge in [0.25, 0.3) is 0 Å². The third-order valence-electron chi connectivity index (χ3n) is 3.45. The zero-order chi connectivity index (χ0) is 17.0. The number of nitrogens with one attached hydrogen (secondary N) is 1. The highest BCUT2D eigenvalue weighted by atomic mass is 32.2. The van der Waals surface area contributed by atoms with Gasteiger partial charge in [-0.15, -0.1) is 0 Å². The van der Waals surface area contributed by atoms with Crippen molar-refractivity contribution in [1.29, 1.82) is 0 Å². The lowest BCUT2D eigenvalue weighted by Gasteiger charge is -2.23. The number of esters is 1. The van der Waals surface area contributed by atoms with E-state index in [2.05, 4.69) is 4.72 Å². The van der Waals surface area contributed by atoms with Crippen molar-refractivity contribution in [3.63, 3.8) is 0 Å². The van der Waals surface area contributed by atoms with Crippen molar-refractivity contribution in [2.45, 2.75) is 31.4 Å². The van der Waals surface area contributed by atoms with Crippen molar-refractivity contribution >= 4 is 21.7 Å². The molecule has 0 fully saturated rings. The first kappa shape index (κ1) is 17.4. The minimum absolute atomic E-state index is 0.0770. The molecule has 0 saturated carbocycles. The van der Waals surface area contributed by atoms with E-state index in [-0.39, 0.29) is 24.3 Å². The molecule has 2 rings (SSSR count). The third-order valence-corrected chi connectivity index (χ3v) is 5.21. The van der Waals surface area contributed by atoms with Crippen LogP contribution < -0.4 is 4.72 Å². The molecule has 8 heteroatoms. The summed E-state index contributed by atoms with van der Waals surface area (Å²) in [5.41, 5.74) is -0.0223. The smallest absolute Gasteiger partial charge is 0.335 e. The molecular weight excluding hydrogens is 328 g/mol. The van der Waals surface area contributed by atoms with Crippen molar-refractivity contribution in [2.24, 2.45) is 0 Å². The van der Waals surface area contributed by atoms with E-state index in [1.54, 1.807) is 13.0 Å². The minimum Gasteiger partial charge on any atom is -0.463 e. The fraction of sp³-hybridized carbons (Fsp3) is 0.400. The Morgan fingerprint density at radius 3 is 2.74 bits per heavy atom. The molecule has 0 heterocycles. The summed E-state index contributed by atoms with van der Waals surface area (Å²) in [6, 6.07) is 2.70. The van der Waals surface area contributed by atoms with Gasteiger partial charge in [0.1, 0.15) is 5.25 Å². The number of sulfonamides is 1. The van der Waals surface area contributed by atoms with Crippen LogP contribution in [0.5, 0.6) is 0 Å². The number of hydrogen-bond acceptors (Lipinski definition) is 4. The summed E-state index contributed by atoms with van der Waals surface area (Å²) in [6.45, 7) is 1.77. The summed E-state index contributed by atoms with van der Waals surface area (Å²) in [4.78, 5) is 11.9. The Bertz CT molecular complexity index is 731. The number of halogens is 2. The molecular formula is C15H17F2NO4S. The number of hydrogen-bond donors (Lipinski definition) is 1. The number of rotatable bonds is 5. The number of carbonyl (C=O) groups excluding carboxylic acids is 1. The quantitative estimate of drug-likeness (QED) is 0.833. The number of carbonyl (C=O) groups is 1. The molecule has 23 heavy (non-hydrogen) atoms. The highest BCUT2D eigenvalue weighted by molar-refractivity contribution is 7.93. The summed E-state index contributed by atoms with van der Waals surface area (Å²) in [6.07, 6.45) is 3.00. The van der Waals surface area contributed by atoms with Crippen LogP contribution in [0.2, 0.25) is 0 Å². The third kappa shape index (κ3) is 4.07. The van der Waals surface area contributed by atoms with E-state index >= 15 is 0 Å². The molecule has 5 nitrogen and oxygen atoms in total. The molecule has 0 aromatic heterocycles. The van der Waals surface area contributed by atoms with E-state index in [1.807, 2.05) is 0 Å². The molecule has 1 aromatic rings. The lowest BCUT2D eigenvalue weighted by atomic mass is 9.99. The van der Waals surface area contributed by atoms with Crippen molar-refractivity contribution in [3.8, 4) is 0 Å². The molecule has 126 valence electrons. The Labute approximate surface area is 133 Å². The first-order chi connectivity index (χ1) is 10.8. The van der Waals surface area contributed by atoms with Crippen LogP contribution in [-0.2, 0) is 19.6 Å². The van der Waals surface area contributed by atoms with E-state index in [0.717, 1.165) is 18.2 Å². The van der Waals surface area contributed by atoms with Gasteiger partial charge in [0, 0.05) is 6.07 Å². The fourth-order valence-electron chi connectivity index (χ4n) is 2.39. The highest BCUT2D eigenvalue weighted by Crippen LogP contribution is 2.27. The van der Waals surface area contributed by atoms with Crippen LogP contribution in [0.4, 0.5) is 14.5 Å². The van der Waals surface area contributed by atoms with Gasteiger partial charge in [0.2, 0.25) is 10.0 Å². The lowest BCUT2D eigenvalue weighted by Crippen LogP contribution is -2.34. The second-order valence-electron chi connectivity index (χ2n) is 5.08. The number of benzene rings is 1. The predicted molar refractivity (Wildman–Crippen MR) is 81.3 cm³/mol. The van der Waals surface area contributed by atoms with Gasteiger partial charge in [-0.2, -0.15) is 0 Å². The molecule has 0 saturated heterocycles. The lowest BCUT2D eigenvalue weighted by molar-refractivity contribution is -0.138. The standard InChI is InChI=1S/C15H17F2NO4S/c1-2-22-15(19)11-5-3-4-6-14(11)23(20,21)18-10-7-8-12(16)13(17)9-10/h5,7-9,14,18H,2-4,6H2,1H3. The summed E-state index contributed by atoms with van der Waals surface area (Å²) in [5, 5.41) is -1.08. The van der Waals surface area contributed by atoms with Crippen molar-refractivity contribution in [3.05, 3.63) is 41.5 Å². The first-order valence-electron chi connectivity index (χ1n) is 7.19. The average molecular weight is 345 g/mol. The van der Waals surface area contributed by atoms with E-state index in [1.165, 1.54) is 0 Å². The van der Waals surface area contributed by atoms with Crippen LogP contribution in [0.25, 0.3) is 0 Å².